The van der Waals surface area contributed by atoms with Crippen molar-refractivity contribution >= 4 is 29.3 Å². The van der Waals surface area contributed by atoms with E-state index in [1.165, 1.54) is 64.2 Å². The number of nitrogens with one attached hydrogen (secondary N) is 2. The van der Waals surface area contributed by atoms with E-state index in [2.05, 4.69) is 17.6 Å². The maximum Gasteiger partial charge on any atom is 0.264 e. The number of carbonyl (C=O) groups is 4. The Balaban J connectivity index is 1.02. The first-order valence-electron chi connectivity index (χ1n) is 20.2. The highest BCUT2D eigenvalue weighted by Gasteiger charge is 2.45. The summed E-state index contributed by atoms with van der Waals surface area (Å²) in [5.41, 5.74) is 0.932. The summed E-state index contributed by atoms with van der Waals surface area (Å²) < 4.78 is 38.9. The lowest BCUT2D eigenvalue weighted by Crippen LogP contribution is -2.54. The minimum Gasteiger partial charge on any atom is -0.382 e. The zero-order valence-electron chi connectivity index (χ0n) is 32.5. The zero-order chi connectivity index (χ0) is 38.5. The summed E-state index contributed by atoms with van der Waals surface area (Å²) in [5.74, 6) is -2.14. The first-order chi connectivity index (χ1) is 26.5. The van der Waals surface area contributed by atoms with Gasteiger partial charge >= 0.3 is 0 Å². The number of amides is 4. The predicted octanol–water partition coefficient (Wildman–Crippen LogP) is 4.93. The van der Waals surface area contributed by atoms with E-state index in [1.54, 1.807) is 18.2 Å². The molecule has 1 saturated heterocycles. The molecule has 0 bridgehead atoms. The molecule has 54 heavy (non-hydrogen) atoms. The quantitative estimate of drug-likeness (QED) is 0.0711. The third-order valence-electron chi connectivity index (χ3n) is 9.15. The van der Waals surface area contributed by atoms with Crippen molar-refractivity contribution in [2.24, 2.45) is 0 Å². The van der Waals surface area contributed by atoms with Gasteiger partial charge in [0.25, 0.3) is 11.8 Å². The third kappa shape index (κ3) is 18.1. The Morgan fingerprint density at radius 2 is 1.06 bits per heavy atom. The Hall–Kier alpha value is -2.98. The zero-order valence-corrected chi connectivity index (χ0v) is 32.5. The fraction of sp³-hybridized carbons (Fsp3) is 0.750. The number of anilines is 1. The Morgan fingerprint density at radius 3 is 1.56 bits per heavy atom. The molecule has 0 aliphatic carbocycles. The molecule has 2 aliphatic heterocycles. The van der Waals surface area contributed by atoms with Gasteiger partial charge < -0.3 is 38.5 Å². The number of fused-ring (bicyclic) bond motifs is 1. The second-order valence-electron chi connectivity index (χ2n) is 13.4. The highest BCUT2D eigenvalue weighted by Crippen LogP contribution is 2.32. The van der Waals surface area contributed by atoms with Crippen LogP contribution in [0.15, 0.2) is 18.2 Å². The molecule has 1 aromatic carbocycles. The molecular weight excluding hydrogens is 698 g/mol. The van der Waals surface area contributed by atoms with E-state index in [0.717, 1.165) is 17.9 Å². The largest absolute Gasteiger partial charge is 0.382 e. The SMILES string of the molecule is CCCCCCCCCCCCCOCCOCCOCCOCCOCCOCCOCCNc1cccc2c1C(=O)N(C1CCC(=O)NC1=O)C2=O. The molecule has 14 nitrogen and oxygen atoms in total. The Morgan fingerprint density at radius 1 is 0.593 bits per heavy atom. The monoisotopic (exact) mass is 763 g/mol. The van der Waals surface area contributed by atoms with Crippen LogP contribution in [0.1, 0.15) is 111 Å². The lowest BCUT2D eigenvalue weighted by molar-refractivity contribution is -0.136. The van der Waals surface area contributed by atoms with E-state index in [9.17, 15) is 19.2 Å². The van der Waals surface area contributed by atoms with E-state index in [0.29, 0.717) is 98.1 Å². The molecule has 1 fully saturated rings. The van der Waals surface area contributed by atoms with Gasteiger partial charge in [-0.1, -0.05) is 77.2 Å². The molecule has 1 atom stereocenters. The highest BCUT2D eigenvalue weighted by atomic mass is 16.6. The van der Waals surface area contributed by atoms with Gasteiger partial charge in [-0.25, -0.2) is 0 Å². The second-order valence-corrected chi connectivity index (χ2v) is 13.4. The van der Waals surface area contributed by atoms with Crippen LogP contribution in [0.4, 0.5) is 5.69 Å². The van der Waals surface area contributed by atoms with Gasteiger partial charge in [-0.15, -0.1) is 0 Å². The maximum atomic E-state index is 13.2. The van der Waals surface area contributed by atoms with E-state index < -0.39 is 29.7 Å². The molecule has 4 amide bonds. The number of ether oxygens (including phenoxy) is 7. The average molecular weight is 764 g/mol. The molecule has 2 N–H and O–H groups in total. The number of piperidine rings is 1. The van der Waals surface area contributed by atoms with E-state index >= 15 is 0 Å². The first kappa shape index (κ1) is 45.4. The normalized spacial score (nSPS) is 15.6. The lowest BCUT2D eigenvalue weighted by Gasteiger charge is -2.27. The summed E-state index contributed by atoms with van der Waals surface area (Å²) in [5, 5.41) is 5.34. The van der Waals surface area contributed by atoms with Gasteiger partial charge in [0.05, 0.1) is 97.0 Å². The smallest absolute Gasteiger partial charge is 0.264 e. The van der Waals surface area contributed by atoms with Crippen molar-refractivity contribution in [2.45, 2.75) is 96.4 Å². The van der Waals surface area contributed by atoms with Crippen molar-refractivity contribution in [3.05, 3.63) is 29.3 Å². The molecule has 1 aromatic rings. The van der Waals surface area contributed by atoms with Crippen LogP contribution in [0.3, 0.4) is 0 Å². The fourth-order valence-electron chi connectivity index (χ4n) is 6.21. The van der Waals surface area contributed by atoms with Crippen LogP contribution in [-0.2, 0) is 42.7 Å². The molecule has 0 aromatic heterocycles. The molecule has 2 aliphatic rings. The van der Waals surface area contributed by atoms with Crippen molar-refractivity contribution < 1.29 is 52.3 Å². The lowest BCUT2D eigenvalue weighted by atomic mass is 10.0. The van der Waals surface area contributed by atoms with Crippen LogP contribution in [0.2, 0.25) is 0 Å². The van der Waals surface area contributed by atoms with Crippen molar-refractivity contribution in [3.8, 4) is 0 Å². The number of hydrogen-bond acceptors (Lipinski definition) is 12. The van der Waals surface area contributed by atoms with Crippen molar-refractivity contribution in [2.75, 3.05) is 104 Å². The second kappa shape index (κ2) is 29.3. The Bertz CT molecular complexity index is 1220. The van der Waals surface area contributed by atoms with Crippen LogP contribution in [0.5, 0.6) is 0 Å². The fourth-order valence-corrected chi connectivity index (χ4v) is 6.21. The van der Waals surface area contributed by atoms with Crippen LogP contribution in [-0.4, -0.2) is 134 Å². The van der Waals surface area contributed by atoms with Crippen LogP contribution >= 0.6 is 0 Å². The molecule has 0 saturated carbocycles. The van der Waals surface area contributed by atoms with Gasteiger partial charge in [0.15, 0.2) is 0 Å². The molecular formula is C40H65N3O11. The van der Waals surface area contributed by atoms with Gasteiger partial charge in [0, 0.05) is 25.3 Å². The predicted molar refractivity (Wildman–Crippen MR) is 204 cm³/mol. The molecule has 0 radical (unpaired) electrons. The molecule has 14 heteroatoms. The van der Waals surface area contributed by atoms with Crippen LogP contribution in [0, 0.1) is 0 Å². The Kier molecular flexibility index (Phi) is 24.7. The number of benzene rings is 1. The minimum absolute atomic E-state index is 0.0719. The summed E-state index contributed by atoms with van der Waals surface area (Å²) in [6, 6.07) is 3.93. The summed E-state index contributed by atoms with van der Waals surface area (Å²) in [7, 11) is 0. The number of hydrogen-bond donors (Lipinski definition) is 2. The van der Waals surface area contributed by atoms with Gasteiger partial charge in [0.1, 0.15) is 6.04 Å². The highest BCUT2D eigenvalue weighted by molar-refractivity contribution is 6.25. The van der Waals surface area contributed by atoms with Gasteiger partial charge in [-0.3, -0.25) is 29.4 Å². The third-order valence-corrected chi connectivity index (χ3v) is 9.15. The van der Waals surface area contributed by atoms with Gasteiger partial charge in [-0.2, -0.15) is 0 Å². The number of imide groups is 2. The molecule has 2 heterocycles. The van der Waals surface area contributed by atoms with Crippen LogP contribution < -0.4 is 10.6 Å². The van der Waals surface area contributed by atoms with Crippen molar-refractivity contribution in [1.29, 1.82) is 0 Å². The Labute approximate surface area is 321 Å². The summed E-state index contributed by atoms with van der Waals surface area (Å²) >= 11 is 0. The van der Waals surface area contributed by atoms with Crippen molar-refractivity contribution in [3.63, 3.8) is 0 Å². The molecule has 1 unspecified atom stereocenters. The van der Waals surface area contributed by atoms with Crippen molar-refractivity contribution in [1.82, 2.24) is 10.2 Å². The minimum atomic E-state index is -1.00. The van der Waals surface area contributed by atoms with Gasteiger partial charge in [0.2, 0.25) is 11.8 Å². The number of nitrogens with zero attached hydrogens (tertiary/aromatic N) is 1. The summed E-state index contributed by atoms with van der Waals surface area (Å²) in [6.45, 7) is 9.74. The molecule has 0 spiro atoms. The standard InChI is InChI=1S/C40H65N3O11/c1-2-3-4-5-6-7-8-9-10-11-12-19-48-21-23-50-25-27-52-29-31-54-32-30-53-28-26-51-24-22-49-20-18-41-34-15-13-14-33-37(34)40(47)43(39(33)46)35-16-17-36(44)42-38(35)45/h13-15,35,41H,2-12,16-32H2,1H3,(H,42,44,45). The number of unbranched alkanes of at least 4 members (excludes halogenated alkanes) is 10. The van der Waals surface area contributed by atoms with Gasteiger partial charge in [-0.05, 0) is 25.0 Å². The number of carbonyl (C=O) groups excluding carboxylic acids is 4. The molecule has 306 valence electrons. The van der Waals surface area contributed by atoms with E-state index in [4.69, 9.17) is 33.2 Å². The number of rotatable bonds is 35. The summed E-state index contributed by atoms with van der Waals surface area (Å²) in [4.78, 5) is 50.9. The maximum absolute atomic E-state index is 13.2. The van der Waals surface area contributed by atoms with E-state index in [1.807, 2.05) is 0 Å². The summed E-state index contributed by atoms with van der Waals surface area (Å²) in [6.07, 6.45) is 14.9. The molecule has 3 rings (SSSR count). The van der Waals surface area contributed by atoms with E-state index in [-0.39, 0.29) is 24.0 Å². The average Bonchev–Trinajstić information content (AvgIpc) is 3.42. The van der Waals surface area contributed by atoms with Crippen LogP contribution in [0.25, 0.3) is 0 Å². The first-order valence-corrected chi connectivity index (χ1v) is 20.2. The topological polar surface area (TPSA) is 160 Å².